The van der Waals surface area contributed by atoms with E-state index < -0.39 is 0 Å². The second-order valence-electron chi connectivity index (χ2n) is 6.87. The van der Waals surface area contributed by atoms with Crippen LogP contribution in [0.2, 0.25) is 5.02 Å². The van der Waals surface area contributed by atoms with Crippen LogP contribution in [0.25, 0.3) is 11.4 Å². The van der Waals surface area contributed by atoms with Crippen molar-refractivity contribution in [1.29, 1.82) is 0 Å². The first-order valence-corrected chi connectivity index (χ1v) is 10.3. The third kappa shape index (κ3) is 5.37. The standard InChI is InChI=1S/C22H26ClN5O2/c1-4-24-10-5-11-30-20-9-6-16(14-25-20)22(29)27-17-7-8-19(23)18(12-17)21-26-13-15(2)28(21)3/h6-9,12-14,24H,4-5,10-11H2,1-3H3,(H,27,29). The van der Waals surface area contributed by atoms with E-state index in [0.29, 0.717) is 28.8 Å². The molecule has 2 N–H and O–H groups in total. The van der Waals surface area contributed by atoms with Crippen LogP contribution in [0.1, 0.15) is 29.4 Å². The maximum absolute atomic E-state index is 12.6. The highest BCUT2D eigenvalue weighted by Gasteiger charge is 2.13. The lowest BCUT2D eigenvalue weighted by molar-refractivity contribution is 0.102. The van der Waals surface area contributed by atoms with E-state index in [0.717, 1.165) is 36.6 Å². The average molecular weight is 428 g/mol. The number of nitrogens with zero attached hydrogens (tertiary/aromatic N) is 3. The first-order valence-electron chi connectivity index (χ1n) is 9.88. The molecule has 0 aliphatic heterocycles. The monoisotopic (exact) mass is 427 g/mol. The third-order valence-corrected chi connectivity index (χ3v) is 5.01. The largest absolute Gasteiger partial charge is 0.478 e. The Labute approximate surface area is 181 Å². The summed E-state index contributed by atoms with van der Waals surface area (Å²) in [6.07, 6.45) is 4.19. The predicted octanol–water partition coefficient (Wildman–Crippen LogP) is 4.07. The third-order valence-electron chi connectivity index (χ3n) is 4.68. The number of aromatic nitrogens is 3. The summed E-state index contributed by atoms with van der Waals surface area (Å²) in [7, 11) is 1.93. The number of hydrogen-bond donors (Lipinski definition) is 2. The molecule has 7 nitrogen and oxygen atoms in total. The Morgan fingerprint density at radius 3 is 2.70 bits per heavy atom. The van der Waals surface area contributed by atoms with Crippen LogP contribution in [0.4, 0.5) is 5.69 Å². The molecule has 1 aromatic carbocycles. The first kappa shape index (κ1) is 21.8. The van der Waals surface area contributed by atoms with Gasteiger partial charge in [0, 0.05) is 42.5 Å². The summed E-state index contributed by atoms with van der Waals surface area (Å²) in [4.78, 5) is 21.2. The van der Waals surface area contributed by atoms with Crippen molar-refractivity contribution < 1.29 is 9.53 Å². The second kappa shape index (κ2) is 10.2. The lowest BCUT2D eigenvalue weighted by atomic mass is 10.1. The molecular weight excluding hydrogens is 402 g/mol. The van der Waals surface area contributed by atoms with E-state index in [4.69, 9.17) is 16.3 Å². The van der Waals surface area contributed by atoms with Gasteiger partial charge in [-0.1, -0.05) is 18.5 Å². The van der Waals surface area contributed by atoms with Crippen molar-refractivity contribution in [1.82, 2.24) is 19.9 Å². The van der Waals surface area contributed by atoms with Gasteiger partial charge >= 0.3 is 0 Å². The quantitative estimate of drug-likeness (QED) is 0.503. The number of hydrogen-bond acceptors (Lipinski definition) is 5. The van der Waals surface area contributed by atoms with Crippen molar-refractivity contribution in [3.63, 3.8) is 0 Å². The van der Waals surface area contributed by atoms with Gasteiger partial charge in [0.25, 0.3) is 5.91 Å². The molecule has 0 atom stereocenters. The summed E-state index contributed by atoms with van der Waals surface area (Å²) in [5.74, 6) is 0.985. The van der Waals surface area contributed by atoms with Gasteiger partial charge in [0.2, 0.25) is 5.88 Å². The molecule has 0 unspecified atom stereocenters. The van der Waals surface area contributed by atoms with Gasteiger partial charge in [0.1, 0.15) is 5.82 Å². The van der Waals surface area contributed by atoms with E-state index in [2.05, 4.69) is 27.5 Å². The SMILES string of the molecule is CCNCCCOc1ccc(C(=O)Nc2ccc(Cl)c(-c3ncc(C)n3C)c2)cn1. The van der Waals surface area contributed by atoms with Gasteiger partial charge in [-0.15, -0.1) is 0 Å². The van der Waals surface area contributed by atoms with Gasteiger partial charge < -0.3 is 19.9 Å². The number of ether oxygens (including phenoxy) is 1. The second-order valence-corrected chi connectivity index (χ2v) is 7.28. The highest BCUT2D eigenvalue weighted by molar-refractivity contribution is 6.33. The van der Waals surface area contributed by atoms with Crippen LogP contribution in [0.15, 0.2) is 42.7 Å². The fourth-order valence-electron chi connectivity index (χ4n) is 2.87. The molecule has 0 aliphatic carbocycles. The summed E-state index contributed by atoms with van der Waals surface area (Å²) in [6, 6.07) is 8.72. The number of carbonyl (C=O) groups is 1. The molecule has 0 saturated heterocycles. The lowest BCUT2D eigenvalue weighted by Crippen LogP contribution is -2.16. The van der Waals surface area contributed by atoms with Crippen LogP contribution in [-0.2, 0) is 7.05 Å². The fraction of sp³-hybridized carbons (Fsp3) is 0.318. The van der Waals surface area contributed by atoms with Crippen LogP contribution in [0, 0.1) is 6.92 Å². The summed E-state index contributed by atoms with van der Waals surface area (Å²) < 4.78 is 7.54. The number of aryl methyl sites for hydroxylation is 1. The van der Waals surface area contributed by atoms with E-state index in [9.17, 15) is 4.79 Å². The normalized spacial score (nSPS) is 10.8. The first-order chi connectivity index (χ1) is 14.5. The van der Waals surface area contributed by atoms with E-state index in [1.54, 1.807) is 30.5 Å². The summed E-state index contributed by atoms with van der Waals surface area (Å²) in [5.41, 5.74) is 2.85. The molecule has 0 aliphatic rings. The zero-order valence-corrected chi connectivity index (χ0v) is 18.2. The Bertz CT molecular complexity index is 1000. The number of rotatable bonds is 9. The van der Waals surface area contributed by atoms with Gasteiger partial charge in [-0.25, -0.2) is 9.97 Å². The highest BCUT2D eigenvalue weighted by Crippen LogP contribution is 2.30. The maximum Gasteiger partial charge on any atom is 0.257 e. The van der Waals surface area contributed by atoms with E-state index in [1.807, 2.05) is 24.6 Å². The maximum atomic E-state index is 12.6. The molecule has 1 amide bonds. The van der Waals surface area contributed by atoms with Gasteiger partial charge in [-0.05, 0) is 50.7 Å². The summed E-state index contributed by atoms with van der Waals surface area (Å²) in [5, 5.41) is 6.69. The Kier molecular flexibility index (Phi) is 7.43. The molecule has 0 spiro atoms. The van der Waals surface area contributed by atoms with Crippen molar-refractivity contribution in [2.24, 2.45) is 7.05 Å². The number of nitrogens with one attached hydrogen (secondary N) is 2. The Hall–Kier alpha value is -2.90. The van der Waals surface area contributed by atoms with Gasteiger partial charge in [0.15, 0.2) is 0 Å². The van der Waals surface area contributed by atoms with Gasteiger partial charge in [-0.3, -0.25) is 4.79 Å². The van der Waals surface area contributed by atoms with Crippen LogP contribution < -0.4 is 15.4 Å². The fourth-order valence-corrected chi connectivity index (χ4v) is 3.08. The highest BCUT2D eigenvalue weighted by atomic mass is 35.5. The summed E-state index contributed by atoms with van der Waals surface area (Å²) >= 11 is 6.36. The number of anilines is 1. The predicted molar refractivity (Wildman–Crippen MR) is 119 cm³/mol. The number of benzene rings is 1. The van der Waals surface area contributed by atoms with Crippen LogP contribution in [-0.4, -0.2) is 40.1 Å². The van der Waals surface area contributed by atoms with E-state index in [-0.39, 0.29) is 5.91 Å². The average Bonchev–Trinajstić information content (AvgIpc) is 3.08. The molecule has 2 aromatic heterocycles. The smallest absolute Gasteiger partial charge is 0.257 e. The van der Waals surface area contributed by atoms with E-state index >= 15 is 0 Å². The minimum Gasteiger partial charge on any atom is -0.478 e. The number of pyridine rings is 1. The molecule has 8 heteroatoms. The number of carbonyl (C=O) groups excluding carboxylic acids is 1. The molecule has 0 saturated carbocycles. The van der Waals surface area contributed by atoms with Crippen molar-refractivity contribution in [2.75, 3.05) is 25.0 Å². The molecule has 0 radical (unpaired) electrons. The minimum atomic E-state index is -0.259. The van der Waals surface area contributed by atoms with Crippen molar-refractivity contribution >= 4 is 23.2 Å². The van der Waals surface area contributed by atoms with Crippen molar-refractivity contribution in [3.8, 4) is 17.3 Å². The molecule has 0 bridgehead atoms. The van der Waals surface area contributed by atoms with Crippen LogP contribution >= 0.6 is 11.6 Å². The molecule has 3 rings (SSSR count). The number of amides is 1. The Balaban J connectivity index is 1.64. The molecule has 2 heterocycles. The molecule has 3 aromatic rings. The van der Waals surface area contributed by atoms with Gasteiger partial charge in [-0.2, -0.15) is 0 Å². The van der Waals surface area contributed by atoms with Crippen molar-refractivity contribution in [3.05, 3.63) is 59.0 Å². The van der Waals surface area contributed by atoms with Crippen LogP contribution in [0.5, 0.6) is 5.88 Å². The molecular formula is C22H26ClN5O2. The number of halogens is 1. The number of imidazole rings is 1. The molecule has 30 heavy (non-hydrogen) atoms. The Morgan fingerprint density at radius 1 is 1.20 bits per heavy atom. The van der Waals surface area contributed by atoms with Crippen LogP contribution in [0.3, 0.4) is 0 Å². The zero-order chi connectivity index (χ0) is 21.5. The topological polar surface area (TPSA) is 81.1 Å². The lowest BCUT2D eigenvalue weighted by Gasteiger charge is -2.10. The zero-order valence-electron chi connectivity index (χ0n) is 17.4. The van der Waals surface area contributed by atoms with Gasteiger partial charge in [0.05, 0.1) is 17.2 Å². The minimum absolute atomic E-state index is 0.259. The molecule has 0 fully saturated rings. The Morgan fingerprint density at radius 2 is 2.03 bits per heavy atom. The molecule has 158 valence electrons. The van der Waals surface area contributed by atoms with E-state index in [1.165, 1.54) is 6.20 Å². The summed E-state index contributed by atoms with van der Waals surface area (Å²) in [6.45, 7) is 6.46. The van der Waals surface area contributed by atoms with Crippen molar-refractivity contribution in [2.45, 2.75) is 20.3 Å².